The summed E-state index contributed by atoms with van der Waals surface area (Å²) in [6.45, 7) is 1.65. The second kappa shape index (κ2) is 7.07. The minimum atomic E-state index is 0.790. The van der Waals surface area contributed by atoms with Gasteiger partial charge in [0.25, 0.3) is 0 Å². The summed E-state index contributed by atoms with van der Waals surface area (Å²) in [5.41, 5.74) is 1.24. The summed E-state index contributed by atoms with van der Waals surface area (Å²) in [6.07, 6.45) is 4.65. The molecule has 6 nitrogen and oxygen atoms in total. The molecule has 0 aromatic carbocycles. The first-order valence-corrected chi connectivity index (χ1v) is 6.81. The van der Waals surface area contributed by atoms with E-state index in [1.165, 1.54) is 5.56 Å². The highest BCUT2D eigenvalue weighted by molar-refractivity contribution is 7.99. The Morgan fingerprint density at radius 3 is 3.17 bits per heavy atom. The van der Waals surface area contributed by atoms with Gasteiger partial charge in [0.2, 0.25) is 5.16 Å². The van der Waals surface area contributed by atoms with Crippen molar-refractivity contribution in [1.82, 2.24) is 30.5 Å². The maximum absolute atomic E-state index is 4.10. The molecule has 96 valence electrons. The van der Waals surface area contributed by atoms with Crippen molar-refractivity contribution in [2.24, 2.45) is 0 Å². The average Bonchev–Trinajstić information content (AvgIpc) is 2.85. The third kappa shape index (κ3) is 3.78. The van der Waals surface area contributed by atoms with Crippen LogP contribution >= 0.6 is 11.8 Å². The highest BCUT2D eigenvalue weighted by Gasteiger charge is 2.05. The Morgan fingerprint density at radius 1 is 1.44 bits per heavy atom. The van der Waals surface area contributed by atoms with Gasteiger partial charge in [0.05, 0.1) is 6.54 Å². The lowest BCUT2D eigenvalue weighted by atomic mass is 10.2. The van der Waals surface area contributed by atoms with E-state index in [1.807, 2.05) is 24.0 Å². The number of hydrogen-bond acceptors (Lipinski definition) is 6. The summed E-state index contributed by atoms with van der Waals surface area (Å²) in [6, 6.07) is 4.04. The molecule has 0 atom stereocenters. The number of tetrazole rings is 1. The van der Waals surface area contributed by atoms with Crippen LogP contribution in [0.4, 0.5) is 0 Å². The highest BCUT2D eigenvalue weighted by atomic mass is 32.2. The van der Waals surface area contributed by atoms with E-state index in [2.05, 4.69) is 31.9 Å². The molecule has 2 heterocycles. The van der Waals surface area contributed by atoms with Gasteiger partial charge in [-0.15, -0.1) is 5.10 Å². The molecule has 7 heteroatoms. The number of pyridine rings is 1. The van der Waals surface area contributed by atoms with Crippen molar-refractivity contribution in [2.75, 3.05) is 19.3 Å². The summed E-state index contributed by atoms with van der Waals surface area (Å²) in [5.74, 6) is 0.950. The molecule has 0 fully saturated rings. The van der Waals surface area contributed by atoms with Gasteiger partial charge in [-0.25, -0.2) is 4.68 Å². The first-order valence-electron chi connectivity index (χ1n) is 5.82. The lowest BCUT2D eigenvalue weighted by molar-refractivity contribution is 0.530. The van der Waals surface area contributed by atoms with Crippen LogP contribution < -0.4 is 5.32 Å². The molecule has 0 saturated heterocycles. The van der Waals surface area contributed by atoms with Crippen LogP contribution in [0.3, 0.4) is 0 Å². The van der Waals surface area contributed by atoms with Gasteiger partial charge in [0.1, 0.15) is 0 Å². The predicted octanol–water partition coefficient (Wildman–Crippen LogP) is 0.622. The minimum Gasteiger partial charge on any atom is -0.318 e. The van der Waals surface area contributed by atoms with Crippen molar-refractivity contribution in [1.29, 1.82) is 0 Å². The lowest BCUT2D eigenvalue weighted by Crippen LogP contribution is -2.16. The van der Waals surface area contributed by atoms with Crippen LogP contribution in [0.15, 0.2) is 29.7 Å². The van der Waals surface area contributed by atoms with Gasteiger partial charge in [-0.3, -0.25) is 4.98 Å². The molecule has 0 spiro atoms. The molecule has 1 N–H and O–H groups in total. The van der Waals surface area contributed by atoms with Gasteiger partial charge in [0, 0.05) is 24.7 Å². The second-order valence-corrected chi connectivity index (χ2v) is 4.81. The fourth-order valence-electron chi connectivity index (χ4n) is 1.46. The van der Waals surface area contributed by atoms with E-state index in [9.17, 15) is 0 Å². The van der Waals surface area contributed by atoms with Crippen LogP contribution in [0.5, 0.6) is 0 Å². The van der Waals surface area contributed by atoms with Crippen molar-refractivity contribution in [3.63, 3.8) is 0 Å². The van der Waals surface area contributed by atoms with Crippen LogP contribution in [0.2, 0.25) is 0 Å². The molecule has 2 aromatic rings. The Bertz CT molecular complexity index is 458. The maximum atomic E-state index is 4.10. The molecule has 2 rings (SSSR count). The second-order valence-electron chi connectivity index (χ2n) is 3.75. The van der Waals surface area contributed by atoms with E-state index in [1.54, 1.807) is 18.0 Å². The molecular formula is C11H16N6S. The third-order valence-electron chi connectivity index (χ3n) is 2.42. The summed E-state index contributed by atoms with van der Waals surface area (Å²) in [7, 11) is 1.92. The van der Waals surface area contributed by atoms with Crippen LogP contribution in [0, 0.1) is 0 Å². The SMILES string of the molecule is CNCCn1nnnc1SCCc1cccnc1. The molecule has 0 aliphatic heterocycles. The zero-order chi connectivity index (χ0) is 12.6. The zero-order valence-corrected chi connectivity index (χ0v) is 11.1. The van der Waals surface area contributed by atoms with Crippen molar-refractivity contribution >= 4 is 11.8 Å². The Morgan fingerprint density at radius 2 is 2.39 bits per heavy atom. The van der Waals surface area contributed by atoms with Gasteiger partial charge < -0.3 is 5.32 Å². The number of nitrogens with zero attached hydrogens (tertiary/aromatic N) is 5. The number of thioether (sulfide) groups is 1. The number of likely N-dealkylation sites (N-methyl/N-ethyl adjacent to an activating group) is 1. The lowest BCUT2D eigenvalue weighted by Gasteiger charge is -2.03. The molecule has 0 aliphatic rings. The Balaban J connectivity index is 1.81. The number of hydrogen-bond donors (Lipinski definition) is 1. The van der Waals surface area contributed by atoms with Gasteiger partial charge in [0.15, 0.2) is 0 Å². The summed E-state index contributed by atoms with van der Waals surface area (Å²) < 4.78 is 1.82. The monoisotopic (exact) mass is 264 g/mol. The van der Waals surface area contributed by atoms with Crippen molar-refractivity contribution in [3.05, 3.63) is 30.1 Å². The number of rotatable bonds is 7. The quantitative estimate of drug-likeness (QED) is 0.740. The molecule has 0 saturated carbocycles. The highest BCUT2D eigenvalue weighted by Crippen LogP contribution is 2.15. The molecule has 0 aliphatic carbocycles. The maximum Gasteiger partial charge on any atom is 0.209 e. The van der Waals surface area contributed by atoms with Crippen LogP contribution in [-0.4, -0.2) is 44.5 Å². The minimum absolute atomic E-state index is 0.790. The summed E-state index contributed by atoms with van der Waals surface area (Å²) >= 11 is 1.67. The Kier molecular flexibility index (Phi) is 5.10. The van der Waals surface area contributed by atoms with E-state index in [4.69, 9.17) is 0 Å². The summed E-state index contributed by atoms with van der Waals surface area (Å²) in [5, 5.41) is 15.6. The van der Waals surface area contributed by atoms with Gasteiger partial charge in [-0.1, -0.05) is 17.8 Å². The molecule has 0 radical (unpaired) electrons. The summed E-state index contributed by atoms with van der Waals surface area (Å²) in [4.78, 5) is 4.10. The average molecular weight is 264 g/mol. The topological polar surface area (TPSA) is 68.5 Å². The zero-order valence-electron chi connectivity index (χ0n) is 10.3. The fourth-order valence-corrected chi connectivity index (χ4v) is 2.36. The largest absolute Gasteiger partial charge is 0.318 e. The van der Waals surface area contributed by atoms with E-state index < -0.39 is 0 Å². The molecule has 0 unspecified atom stereocenters. The van der Waals surface area contributed by atoms with E-state index >= 15 is 0 Å². The third-order valence-corrected chi connectivity index (χ3v) is 3.38. The predicted molar refractivity (Wildman–Crippen MR) is 70.4 cm³/mol. The van der Waals surface area contributed by atoms with Crippen molar-refractivity contribution < 1.29 is 0 Å². The van der Waals surface area contributed by atoms with E-state index in [0.29, 0.717) is 0 Å². The standard InChI is InChI=1S/C11H16N6S/c1-12-6-7-17-11(14-15-16-17)18-8-4-10-3-2-5-13-9-10/h2-3,5,9,12H,4,6-8H2,1H3. The van der Waals surface area contributed by atoms with E-state index in [-0.39, 0.29) is 0 Å². The Labute approximate surface area is 110 Å². The van der Waals surface area contributed by atoms with Gasteiger partial charge >= 0.3 is 0 Å². The molecule has 18 heavy (non-hydrogen) atoms. The van der Waals surface area contributed by atoms with Gasteiger partial charge in [-0.05, 0) is 35.5 Å². The fraction of sp³-hybridized carbons (Fsp3) is 0.455. The van der Waals surface area contributed by atoms with E-state index in [0.717, 1.165) is 30.4 Å². The van der Waals surface area contributed by atoms with Crippen LogP contribution in [-0.2, 0) is 13.0 Å². The molecule has 2 aromatic heterocycles. The first kappa shape index (κ1) is 13.0. The van der Waals surface area contributed by atoms with Gasteiger partial charge in [-0.2, -0.15) is 0 Å². The van der Waals surface area contributed by atoms with Crippen molar-refractivity contribution in [2.45, 2.75) is 18.1 Å². The van der Waals surface area contributed by atoms with Crippen LogP contribution in [0.1, 0.15) is 5.56 Å². The smallest absolute Gasteiger partial charge is 0.209 e. The molecule has 0 bridgehead atoms. The first-order chi connectivity index (χ1) is 8.90. The molecular weight excluding hydrogens is 248 g/mol. The number of aromatic nitrogens is 5. The number of nitrogens with one attached hydrogen (secondary N) is 1. The normalized spacial score (nSPS) is 10.7. The number of aryl methyl sites for hydroxylation is 1. The molecule has 0 amide bonds. The van der Waals surface area contributed by atoms with Crippen LogP contribution in [0.25, 0.3) is 0 Å². The Hall–Kier alpha value is -1.47. The van der Waals surface area contributed by atoms with Crippen molar-refractivity contribution in [3.8, 4) is 0 Å².